The molecule has 2 heterocycles. The lowest BCUT2D eigenvalue weighted by Crippen LogP contribution is -2.71. The molecule has 1 aromatic carbocycles. The van der Waals surface area contributed by atoms with Gasteiger partial charge in [0.2, 0.25) is 11.8 Å². The molecule has 1 aromatic rings. The van der Waals surface area contributed by atoms with Crippen LogP contribution in [-0.2, 0) is 14.4 Å². The summed E-state index contributed by atoms with van der Waals surface area (Å²) in [7, 11) is 0. The average Bonchev–Trinajstić information content (AvgIpc) is 2.80. The molecule has 0 aliphatic carbocycles. The molecule has 0 saturated carbocycles. The summed E-state index contributed by atoms with van der Waals surface area (Å²) in [6, 6.07) is 3.21. The summed E-state index contributed by atoms with van der Waals surface area (Å²) >= 11 is 1.35. The van der Waals surface area contributed by atoms with Crippen LogP contribution in [0.4, 0.5) is 0 Å². The Kier molecular flexibility index (Phi) is 4.16. The van der Waals surface area contributed by atoms with E-state index in [9.17, 15) is 24.6 Å². The van der Waals surface area contributed by atoms with Gasteiger partial charge in [-0.25, -0.2) is 4.79 Å². The number of carboxylic acid groups (broad SMARTS) is 1. The van der Waals surface area contributed by atoms with E-state index in [0.29, 0.717) is 5.56 Å². The Morgan fingerprint density at radius 3 is 2.48 bits per heavy atom. The van der Waals surface area contributed by atoms with Gasteiger partial charge in [-0.2, -0.15) is 0 Å². The Morgan fingerprint density at radius 2 is 1.92 bits per heavy atom. The second-order valence-electron chi connectivity index (χ2n) is 6.65. The maximum absolute atomic E-state index is 12.3. The summed E-state index contributed by atoms with van der Waals surface area (Å²) in [6.45, 7) is 3.53. The van der Waals surface area contributed by atoms with Crippen molar-refractivity contribution in [1.82, 2.24) is 10.2 Å². The molecule has 134 valence electrons. The van der Waals surface area contributed by atoms with Crippen molar-refractivity contribution < 1.29 is 24.6 Å². The van der Waals surface area contributed by atoms with Crippen molar-refractivity contribution in [2.45, 2.75) is 42.1 Å². The number of nitrogens with zero attached hydrogens (tertiary/aromatic N) is 1. The predicted octanol–water partition coefficient (Wildman–Crippen LogP) is 0.0237. The van der Waals surface area contributed by atoms with Crippen LogP contribution in [0.1, 0.15) is 25.5 Å². The van der Waals surface area contributed by atoms with E-state index in [0.717, 1.165) is 0 Å². The summed E-state index contributed by atoms with van der Waals surface area (Å²) < 4.78 is -0.648. The normalized spacial score (nSPS) is 28.0. The number of carboxylic acids is 1. The summed E-state index contributed by atoms with van der Waals surface area (Å²) in [5.74, 6) is -1.94. The van der Waals surface area contributed by atoms with E-state index in [1.165, 1.54) is 40.9 Å². The van der Waals surface area contributed by atoms with Crippen molar-refractivity contribution in [3.05, 3.63) is 29.8 Å². The molecular weight excluding hydrogens is 346 g/mol. The van der Waals surface area contributed by atoms with E-state index in [4.69, 9.17) is 5.73 Å². The predicted molar refractivity (Wildman–Crippen MR) is 90.7 cm³/mol. The van der Waals surface area contributed by atoms with Crippen LogP contribution in [0.2, 0.25) is 0 Å². The van der Waals surface area contributed by atoms with Crippen molar-refractivity contribution >= 4 is 29.5 Å². The van der Waals surface area contributed by atoms with Crippen LogP contribution >= 0.6 is 11.8 Å². The molecule has 2 aliphatic rings. The number of β-lactam (4-membered cyclic amide) rings is 1. The van der Waals surface area contributed by atoms with Crippen molar-refractivity contribution in [3.8, 4) is 5.75 Å². The molecule has 25 heavy (non-hydrogen) atoms. The fraction of sp³-hybridized carbons (Fsp3) is 0.438. The van der Waals surface area contributed by atoms with Gasteiger partial charge in [-0.3, -0.25) is 9.59 Å². The van der Waals surface area contributed by atoms with E-state index in [1.807, 2.05) is 0 Å². The first-order valence-electron chi connectivity index (χ1n) is 7.71. The van der Waals surface area contributed by atoms with Gasteiger partial charge < -0.3 is 26.2 Å². The van der Waals surface area contributed by atoms with E-state index >= 15 is 0 Å². The molecule has 8 nitrogen and oxygen atoms in total. The van der Waals surface area contributed by atoms with Gasteiger partial charge in [0, 0.05) is 4.75 Å². The third kappa shape index (κ3) is 2.83. The van der Waals surface area contributed by atoms with Crippen LogP contribution in [0.3, 0.4) is 0 Å². The van der Waals surface area contributed by atoms with Crippen LogP contribution in [0, 0.1) is 0 Å². The number of fused-ring (bicyclic) bond motifs is 1. The quantitative estimate of drug-likeness (QED) is 0.553. The van der Waals surface area contributed by atoms with Crippen LogP contribution in [0.15, 0.2) is 24.3 Å². The number of thioether (sulfide) groups is 1. The van der Waals surface area contributed by atoms with Crippen molar-refractivity contribution in [2.75, 3.05) is 0 Å². The number of hydrogen-bond acceptors (Lipinski definition) is 6. The number of carbonyl (C=O) groups excluding carboxylic acids is 2. The summed E-state index contributed by atoms with van der Waals surface area (Å²) in [4.78, 5) is 37.5. The van der Waals surface area contributed by atoms with Gasteiger partial charge in [-0.15, -0.1) is 11.8 Å². The number of amides is 2. The number of phenolic OH excluding ortho intramolecular Hbond substituents is 1. The lowest BCUT2D eigenvalue weighted by molar-refractivity contribution is -0.161. The summed E-state index contributed by atoms with van der Waals surface area (Å²) in [5.41, 5.74) is 6.41. The number of carbonyl (C=O) groups is 3. The first-order chi connectivity index (χ1) is 11.6. The number of nitrogens with one attached hydrogen (secondary N) is 1. The maximum atomic E-state index is 12.3. The Bertz CT molecular complexity index is 736. The zero-order valence-corrected chi connectivity index (χ0v) is 14.5. The minimum absolute atomic E-state index is 0.0606. The molecule has 9 heteroatoms. The Hall–Kier alpha value is -2.26. The standard InChI is InChI=1S/C16H19N3O5S/c1-16(2)11(15(23)24)19-13(22)10(14(19)25-16)18-12(21)9(17)7-3-5-8(20)6-4-7/h3-6,9-11,14,20H,17H2,1-2H3,(H,18,21)(H,23,24)/t9?,10-,11+,14?/m1/s1. The molecule has 2 unspecified atom stereocenters. The van der Waals surface area contributed by atoms with E-state index in [2.05, 4.69) is 5.32 Å². The fourth-order valence-corrected chi connectivity index (χ4v) is 4.85. The Balaban J connectivity index is 1.70. The van der Waals surface area contributed by atoms with Gasteiger partial charge in [-0.05, 0) is 31.5 Å². The first-order valence-corrected chi connectivity index (χ1v) is 8.59. The second-order valence-corrected chi connectivity index (χ2v) is 8.42. The molecule has 0 bridgehead atoms. The van der Waals surface area contributed by atoms with Gasteiger partial charge in [0.15, 0.2) is 0 Å². The van der Waals surface area contributed by atoms with E-state index < -0.39 is 46.0 Å². The molecule has 0 aromatic heterocycles. The number of aromatic hydroxyl groups is 1. The highest BCUT2D eigenvalue weighted by Gasteiger charge is 2.64. The number of rotatable bonds is 4. The Labute approximate surface area is 148 Å². The van der Waals surface area contributed by atoms with Crippen molar-refractivity contribution in [2.24, 2.45) is 5.73 Å². The molecule has 5 N–H and O–H groups in total. The monoisotopic (exact) mass is 365 g/mol. The fourth-order valence-electron chi connectivity index (χ4n) is 3.22. The lowest BCUT2D eigenvalue weighted by atomic mass is 9.95. The average molecular weight is 365 g/mol. The number of benzene rings is 1. The summed E-state index contributed by atoms with van der Waals surface area (Å²) in [5, 5.41) is 20.9. The van der Waals surface area contributed by atoms with E-state index in [1.54, 1.807) is 13.8 Å². The summed E-state index contributed by atoms with van der Waals surface area (Å²) in [6.07, 6.45) is 0. The topological polar surface area (TPSA) is 133 Å². The molecule has 2 amide bonds. The van der Waals surface area contributed by atoms with Crippen molar-refractivity contribution in [3.63, 3.8) is 0 Å². The number of aliphatic carboxylic acids is 1. The van der Waals surface area contributed by atoms with Gasteiger partial charge in [-0.1, -0.05) is 12.1 Å². The van der Waals surface area contributed by atoms with Crippen molar-refractivity contribution in [1.29, 1.82) is 0 Å². The SMILES string of the molecule is CC1(C)SC2[C@H](NC(=O)C(N)c3ccc(O)cc3)C(=O)N2[C@H]1C(=O)O. The smallest absolute Gasteiger partial charge is 0.327 e. The molecule has 0 spiro atoms. The zero-order chi connectivity index (χ0) is 18.5. The van der Waals surface area contributed by atoms with Crippen LogP contribution < -0.4 is 11.1 Å². The van der Waals surface area contributed by atoms with Crippen LogP contribution in [0.5, 0.6) is 5.75 Å². The number of nitrogens with two attached hydrogens (primary N) is 1. The number of phenols is 1. The van der Waals surface area contributed by atoms with Gasteiger partial charge in [0.1, 0.15) is 29.2 Å². The number of hydrogen-bond donors (Lipinski definition) is 4. The maximum Gasteiger partial charge on any atom is 0.327 e. The minimum atomic E-state index is -1.06. The Morgan fingerprint density at radius 1 is 1.32 bits per heavy atom. The highest BCUT2D eigenvalue weighted by Crippen LogP contribution is 2.50. The minimum Gasteiger partial charge on any atom is -0.508 e. The highest BCUT2D eigenvalue weighted by molar-refractivity contribution is 8.01. The molecular formula is C16H19N3O5S. The third-order valence-electron chi connectivity index (χ3n) is 4.51. The molecule has 0 radical (unpaired) electrons. The molecule has 4 atom stereocenters. The van der Waals surface area contributed by atoms with Gasteiger partial charge in [0.05, 0.1) is 0 Å². The zero-order valence-electron chi connectivity index (χ0n) is 13.7. The molecule has 2 fully saturated rings. The second kappa shape index (κ2) is 5.92. The van der Waals surface area contributed by atoms with Crippen LogP contribution in [0.25, 0.3) is 0 Å². The molecule has 2 saturated heterocycles. The van der Waals surface area contributed by atoms with Crippen LogP contribution in [-0.4, -0.2) is 55.1 Å². The third-order valence-corrected chi connectivity index (χ3v) is 6.08. The molecule has 2 aliphatic heterocycles. The molecule has 3 rings (SSSR count). The first kappa shape index (κ1) is 17.6. The largest absolute Gasteiger partial charge is 0.508 e. The highest BCUT2D eigenvalue weighted by atomic mass is 32.2. The lowest BCUT2D eigenvalue weighted by Gasteiger charge is -2.43. The van der Waals surface area contributed by atoms with Gasteiger partial charge in [0.25, 0.3) is 0 Å². The van der Waals surface area contributed by atoms with Gasteiger partial charge >= 0.3 is 5.97 Å². The van der Waals surface area contributed by atoms with E-state index in [-0.39, 0.29) is 5.75 Å².